The molecule has 2 nitrogen and oxygen atoms in total. The van der Waals surface area contributed by atoms with Crippen LogP contribution in [0.25, 0.3) is 0 Å². The zero-order valence-electron chi connectivity index (χ0n) is 10.1. The first-order valence-electron chi connectivity index (χ1n) is 5.66. The average Bonchev–Trinajstić information content (AvgIpc) is 2.27. The van der Waals surface area contributed by atoms with E-state index in [1.807, 2.05) is 13.8 Å². The lowest BCUT2D eigenvalue weighted by atomic mass is 10.0. The van der Waals surface area contributed by atoms with E-state index in [-0.39, 0.29) is 11.9 Å². The summed E-state index contributed by atoms with van der Waals surface area (Å²) in [4.78, 5) is 0. The zero-order valence-corrected chi connectivity index (χ0v) is 10.1. The first-order valence-corrected chi connectivity index (χ1v) is 5.66. The molecule has 0 saturated heterocycles. The van der Waals surface area contributed by atoms with Crippen molar-refractivity contribution in [3.8, 4) is 0 Å². The monoisotopic (exact) mass is 225 g/mol. The Morgan fingerprint density at radius 1 is 1.38 bits per heavy atom. The molecular weight excluding hydrogens is 205 g/mol. The summed E-state index contributed by atoms with van der Waals surface area (Å²) in [5.74, 6) is -0.225. The Labute approximate surface area is 96.5 Å². The van der Waals surface area contributed by atoms with Crippen LogP contribution in [0.2, 0.25) is 0 Å². The Bertz CT molecular complexity index is 321. The Kier molecular flexibility index (Phi) is 4.44. The summed E-state index contributed by atoms with van der Waals surface area (Å²) < 4.78 is 12.7. The van der Waals surface area contributed by atoms with Gasteiger partial charge in [-0.2, -0.15) is 0 Å². The van der Waals surface area contributed by atoms with Crippen molar-refractivity contribution in [2.75, 3.05) is 6.54 Å². The molecule has 0 fully saturated rings. The average molecular weight is 225 g/mol. The maximum absolute atomic E-state index is 12.7. The molecule has 0 spiro atoms. The quantitative estimate of drug-likeness (QED) is 0.807. The van der Waals surface area contributed by atoms with Crippen molar-refractivity contribution in [3.05, 3.63) is 35.6 Å². The molecule has 0 aromatic heterocycles. The first-order chi connectivity index (χ1) is 7.44. The SMILES string of the molecule is CCC(C)(O)CN[C@H](C)c1ccc(F)cc1. The molecule has 1 unspecified atom stereocenters. The predicted octanol–water partition coefficient (Wildman–Crippen LogP) is 2.64. The molecule has 0 heterocycles. The van der Waals surface area contributed by atoms with Crippen molar-refractivity contribution in [2.24, 2.45) is 0 Å². The highest BCUT2D eigenvalue weighted by atomic mass is 19.1. The summed E-state index contributed by atoms with van der Waals surface area (Å²) in [5, 5.41) is 13.1. The van der Waals surface area contributed by atoms with Gasteiger partial charge < -0.3 is 10.4 Å². The molecule has 1 aromatic rings. The Hall–Kier alpha value is -0.930. The van der Waals surface area contributed by atoms with Crippen molar-refractivity contribution < 1.29 is 9.50 Å². The van der Waals surface area contributed by atoms with Gasteiger partial charge in [0.1, 0.15) is 5.82 Å². The largest absolute Gasteiger partial charge is 0.389 e. The van der Waals surface area contributed by atoms with Gasteiger partial charge in [0.05, 0.1) is 5.60 Å². The highest BCUT2D eigenvalue weighted by molar-refractivity contribution is 5.19. The molecular formula is C13H20FNO. The van der Waals surface area contributed by atoms with E-state index in [1.54, 1.807) is 19.1 Å². The van der Waals surface area contributed by atoms with Gasteiger partial charge in [0, 0.05) is 12.6 Å². The number of nitrogens with one attached hydrogen (secondary N) is 1. The van der Waals surface area contributed by atoms with Crippen LogP contribution < -0.4 is 5.32 Å². The smallest absolute Gasteiger partial charge is 0.123 e. The third kappa shape index (κ3) is 3.91. The van der Waals surface area contributed by atoms with Crippen molar-refractivity contribution in [1.82, 2.24) is 5.32 Å². The Balaban J connectivity index is 2.53. The molecule has 0 aliphatic carbocycles. The summed E-state index contributed by atoms with van der Waals surface area (Å²) >= 11 is 0. The molecule has 1 rings (SSSR count). The van der Waals surface area contributed by atoms with E-state index in [1.165, 1.54) is 12.1 Å². The van der Waals surface area contributed by atoms with Crippen LogP contribution in [0.15, 0.2) is 24.3 Å². The van der Waals surface area contributed by atoms with Crippen LogP contribution in [0.3, 0.4) is 0 Å². The van der Waals surface area contributed by atoms with Gasteiger partial charge in [-0.3, -0.25) is 0 Å². The summed E-state index contributed by atoms with van der Waals surface area (Å²) in [5.41, 5.74) is 0.335. The van der Waals surface area contributed by atoms with Crippen molar-refractivity contribution >= 4 is 0 Å². The summed E-state index contributed by atoms with van der Waals surface area (Å²) in [6.07, 6.45) is 0.705. The Morgan fingerprint density at radius 2 is 1.94 bits per heavy atom. The number of halogens is 1. The lowest BCUT2D eigenvalue weighted by Crippen LogP contribution is -2.38. The lowest BCUT2D eigenvalue weighted by molar-refractivity contribution is 0.0533. The van der Waals surface area contributed by atoms with Gasteiger partial charge in [0.15, 0.2) is 0 Å². The van der Waals surface area contributed by atoms with Crippen LogP contribution in [0.5, 0.6) is 0 Å². The van der Waals surface area contributed by atoms with Crippen molar-refractivity contribution in [3.63, 3.8) is 0 Å². The van der Waals surface area contributed by atoms with Crippen molar-refractivity contribution in [2.45, 2.75) is 38.8 Å². The normalized spacial score (nSPS) is 16.8. The minimum absolute atomic E-state index is 0.110. The highest BCUT2D eigenvalue weighted by Gasteiger charge is 2.18. The van der Waals surface area contributed by atoms with Gasteiger partial charge in [-0.15, -0.1) is 0 Å². The fourth-order valence-electron chi connectivity index (χ4n) is 1.37. The first kappa shape index (κ1) is 13.1. The van der Waals surface area contributed by atoms with E-state index in [2.05, 4.69) is 5.32 Å². The topological polar surface area (TPSA) is 32.3 Å². The van der Waals surface area contributed by atoms with Gasteiger partial charge in [0.25, 0.3) is 0 Å². The second kappa shape index (κ2) is 5.41. The number of rotatable bonds is 5. The fraction of sp³-hybridized carbons (Fsp3) is 0.538. The predicted molar refractivity (Wildman–Crippen MR) is 63.7 cm³/mol. The molecule has 0 bridgehead atoms. The molecule has 0 aliphatic heterocycles. The summed E-state index contributed by atoms with van der Waals surface area (Å²) in [6, 6.07) is 6.52. The second-order valence-corrected chi connectivity index (χ2v) is 4.50. The van der Waals surface area contributed by atoms with Gasteiger partial charge >= 0.3 is 0 Å². The van der Waals surface area contributed by atoms with Crippen molar-refractivity contribution in [1.29, 1.82) is 0 Å². The van der Waals surface area contributed by atoms with Crippen LogP contribution in [-0.4, -0.2) is 17.3 Å². The van der Waals surface area contributed by atoms with Crippen LogP contribution in [0.4, 0.5) is 4.39 Å². The molecule has 0 radical (unpaired) electrons. The van der Waals surface area contributed by atoms with E-state index in [9.17, 15) is 9.50 Å². The standard InChI is InChI=1S/C13H20FNO/c1-4-13(3,16)9-15-10(2)11-5-7-12(14)8-6-11/h5-8,10,15-16H,4,9H2,1-3H3/t10-,13?/m1/s1. The van der Waals surface area contributed by atoms with Gasteiger partial charge in [0.2, 0.25) is 0 Å². The molecule has 16 heavy (non-hydrogen) atoms. The molecule has 90 valence electrons. The fourth-order valence-corrected chi connectivity index (χ4v) is 1.37. The molecule has 0 saturated carbocycles. The van der Waals surface area contributed by atoms with E-state index in [4.69, 9.17) is 0 Å². The molecule has 2 atom stereocenters. The molecule has 1 aromatic carbocycles. The van der Waals surface area contributed by atoms with E-state index >= 15 is 0 Å². The van der Waals surface area contributed by atoms with Gasteiger partial charge in [-0.05, 0) is 38.0 Å². The van der Waals surface area contributed by atoms with Crippen LogP contribution >= 0.6 is 0 Å². The molecule has 0 aliphatic rings. The van der Waals surface area contributed by atoms with E-state index in [0.29, 0.717) is 13.0 Å². The third-order valence-corrected chi connectivity index (χ3v) is 2.92. The maximum atomic E-state index is 12.7. The number of hydrogen-bond acceptors (Lipinski definition) is 2. The van der Waals surface area contributed by atoms with Gasteiger partial charge in [-0.1, -0.05) is 19.1 Å². The van der Waals surface area contributed by atoms with Crippen LogP contribution in [-0.2, 0) is 0 Å². The molecule has 0 amide bonds. The minimum Gasteiger partial charge on any atom is -0.389 e. The zero-order chi connectivity index (χ0) is 12.2. The van der Waals surface area contributed by atoms with E-state index in [0.717, 1.165) is 5.56 Å². The minimum atomic E-state index is -0.686. The second-order valence-electron chi connectivity index (χ2n) is 4.50. The van der Waals surface area contributed by atoms with Crippen LogP contribution in [0.1, 0.15) is 38.8 Å². The number of hydrogen-bond donors (Lipinski definition) is 2. The lowest BCUT2D eigenvalue weighted by Gasteiger charge is -2.24. The summed E-state index contributed by atoms with van der Waals surface area (Å²) in [6.45, 7) is 6.28. The highest BCUT2D eigenvalue weighted by Crippen LogP contribution is 2.14. The molecule has 3 heteroatoms. The van der Waals surface area contributed by atoms with Gasteiger partial charge in [-0.25, -0.2) is 4.39 Å². The third-order valence-electron chi connectivity index (χ3n) is 2.92. The summed E-state index contributed by atoms with van der Waals surface area (Å²) in [7, 11) is 0. The molecule has 2 N–H and O–H groups in total. The number of aliphatic hydroxyl groups is 1. The maximum Gasteiger partial charge on any atom is 0.123 e. The Morgan fingerprint density at radius 3 is 2.44 bits per heavy atom. The van der Waals surface area contributed by atoms with Crippen LogP contribution in [0, 0.1) is 5.82 Å². The number of benzene rings is 1. The van der Waals surface area contributed by atoms with E-state index < -0.39 is 5.60 Å².